The first-order valence-corrected chi connectivity index (χ1v) is 13.6. The summed E-state index contributed by atoms with van der Waals surface area (Å²) < 4.78 is 0. The number of fused-ring (bicyclic) bond motifs is 1. The first kappa shape index (κ1) is 24.4. The lowest BCUT2D eigenvalue weighted by molar-refractivity contribution is -0.114. The van der Waals surface area contributed by atoms with Gasteiger partial charge in [0.25, 0.3) is 11.8 Å². The second kappa shape index (κ2) is 10.8. The summed E-state index contributed by atoms with van der Waals surface area (Å²) >= 11 is 1.50. The van der Waals surface area contributed by atoms with Gasteiger partial charge in [0.2, 0.25) is 0 Å². The fourth-order valence-corrected chi connectivity index (χ4v) is 6.02. The number of hydrogen-bond acceptors (Lipinski definition) is 3. The molecule has 0 bridgehead atoms. The van der Waals surface area contributed by atoms with Gasteiger partial charge in [-0.05, 0) is 67.2 Å². The molecule has 5 rings (SSSR count). The van der Waals surface area contributed by atoms with Crippen LogP contribution in [0.25, 0.3) is 6.08 Å². The van der Waals surface area contributed by atoms with Crippen LogP contribution in [0.15, 0.2) is 82.6 Å². The summed E-state index contributed by atoms with van der Waals surface area (Å²) in [6, 6.07) is 24.2. The zero-order valence-electron chi connectivity index (χ0n) is 20.9. The van der Waals surface area contributed by atoms with Crippen molar-refractivity contribution in [2.45, 2.75) is 57.0 Å². The summed E-state index contributed by atoms with van der Waals surface area (Å²) in [6.45, 7) is 4.80. The van der Waals surface area contributed by atoms with E-state index in [-0.39, 0.29) is 17.9 Å². The van der Waals surface area contributed by atoms with Crippen LogP contribution in [0.5, 0.6) is 0 Å². The van der Waals surface area contributed by atoms with Crippen LogP contribution < -0.4 is 10.2 Å². The van der Waals surface area contributed by atoms with E-state index >= 15 is 0 Å². The Kier molecular flexibility index (Phi) is 7.28. The normalized spacial score (nSPS) is 20.8. The molecule has 36 heavy (non-hydrogen) atoms. The molecule has 3 aromatic carbocycles. The summed E-state index contributed by atoms with van der Waals surface area (Å²) in [5.74, 6) is 0.494. The van der Waals surface area contributed by atoms with Gasteiger partial charge < -0.3 is 10.2 Å². The van der Waals surface area contributed by atoms with Gasteiger partial charge in [-0.1, -0.05) is 85.6 Å². The van der Waals surface area contributed by atoms with Gasteiger partial charge in [-0.25, -0.2) is 0 Å². The zero-order chi connectivity index (χ0) is 25.1. The molecule has 1 fully saturated rings. The first-order chi connectivity index (χ1) is 17.5. The lowest BCUT2D eigenvalue weighted by Gasteiger charge is -2.30. The summed E-state index contributed by atoms with van der Waals surface area (Å²) in [4.78, 5) is 30.0. The van der Waals surface area contributed by atoms with Crippen molar-refractivity contribution in [3.8, 4) is 0 Å². The van der Waals surface area contributed by atoms with Crippen LogP contribution in [0.4, 0.5) is 5.69 Å². The predicted molar refractivity (Wildman–Crippen MR) is 148 cm³/mol. The molecular weight excluding hydrogens is 464 g/mol. The molecule has 2 aliphatic rings. The molecule has 1 saturated carbocycles. The Labute approximate surface area is 217 Å². The molecule has 1 aliphatic heterocycles. The van der Waals surface area contributed by atoms with Gasteiger partial charge in [0.05, 0.1) is 17.1 Å². The number of nitrogens with zero attached hydrogens (tertiary/aromatic N) is 1. The lowest BCUT2D eigenvalue weighted by atomic mass is 9.86. The number of anilines is 1. The van der Waals surface area contributed by atoms with Crippen molar-refractivity contribution in [2.75, 3.05) is 4.90 Å². The highest BCUT2D eigenvalue weighted by Gasteiger charge is 2.29. The Balaban J connectivity index is 1.35. The van der Waals surface area contributed by atoms with E-state index < -0.39 is 0 Å². The topological polar surface area (TPSA) is 49.4 Å². The maximum atomic E-state index is 13.6. The molecule has 2 atom stereocenters. The molecule has 0 aromatic heterocycles. The zero-order valence-corrected chi connectivity index (χ0v) is 21.7. The van der Waals surface area contributed by atoms with Gasteiger partial charge in [-0.2, -0.15) is 0 Å². The number of para-hydroxylation sites is 1. The fraction of sp³-hybridized carbons (Fsp3) is 0.290. The Morgan fingerprint density at radius 3 is 2.47 bits per heavy atom. The summed E-state index contributed by atoms with van der Waals surface area (Å²) in [7, 11) is 0. The van der Waals surface area contributed by atoms with Gasteiger partial charge >= 0.3 is 0 Å². The molecule has 1 N–H and O–H groups in total. The number of rotatable bonds is 5. The third-order valence-corrected chi connectivity index (χ3v) is 8.27. The number of thioether (sulfide) groups is 1. The summed E-state index contributed by atoms with van der Waals surface area (Å²) in [5.41, 5.74) is 4.80. The van der Waals surface area contributed by atoms with Crippen molar-refractivity contribution < 1.29 is 9.59 Å². The van der Waals surface area contributed by atoms with Crippen LogP contribution in [0.2, 0.25) is 0 Å². The van der Waals surface area contributed by atoms with Crippen LogP contribution in [-0.2, 0) is 11.3 Å². The van der Waals surface area contributed by atoms with E-state index in [9.17, 15) is 9.59 Å². The summed E-state index contributed by atoms with van der Waals surface area (Å²) in [5, 5.41) is 3.22. The number of amides is 2. The highest BCUT2D eigenvalue weighted by atomic mass is 32.2. The molecular formula is C31H32N2O2S. The molecule has 1 aliphatic carbocycles. The van der Waals surface area contributed by atoms with Crippen LogP contribution in [0.3, 0.4) is 0 Å². The quantitative estimate of drug-likeness (QED) is 0.388. The number of aryl methyl sites for hydroxylation is 1. The van der Waals surface area contributed by atoms with Gasteiger partial charge in [-0.3, -0.25) is 9.59 Å². The third kappa shape index (κ3) is 5.41. The van der Waals surface area contributed by atoms with Gasteiger partial charge in [0, 0.05) is 16.5 Å². The van der Waals surface area contributed by atoms with E-state index in [1.807, 2.05) is 53.4 Å². The highest BCUT2D eigenvalue weighted by Crippen LogP contribution is 2.42. The second-order valence-corrected chi connectivity index (χ2v) is 11.0. The molecule has 4 nitrogen and oxygen atoms in total. The van der Waals surface area contributed by atoms with E-state index in [2.05, 4.69) is 49.5 Å². The first-order valence-electron chi connectivity index (χ1n) is 12.7. The molecule has 0 saturated heterocycles. The minimum atomic E-state index is -0.0192. The fourth-order valence-electron chi connectivity index (χ4n) is 4.96. The number of hydrogen-bond donors (Lipinski definition) is 1. The number of benzene rings is 3. The van der Waals surface area contributed by atoms with E-state index in [1.165, 1.54) is 36.6 Å². The van der Waals surface area contributed by atoms with Crippen molar-refractivity contribution in [1.29, 1.82) is 0 Å². The van der Waals surface area contributed by atoms with Gasteiger partial charge in [0.1, 0.15) is 0 Å². The van der Waals surface area contributed by atoms with Crippen molar-refractivity contribution in [2.24, 2.45) is 5.92 Å². The highest BCUT2D eigenvalue weighted by molar-refractivity contribution is 8.04. The average molecular weight is 497 g/mol. The van der Waals surface area contributed by atoms with Gasteiger partial charge in [0.15, 0.2) is 0 Å². The van der Waals surface area contributed by atoms with Gasteiger partial charge in [-0.15, -0.1) is 0 Å². The second-order valence-electron chi connectivity index (χ2n) is 9.92. The Morgan fingerprint density at radius 2 is 1.72 bits per heavy atom. The van der Waals surface area contributed by atoms with Crippen LogP contribution in [-0.4, -0.2) is 17.9 Å². The standard InChI is InChI=1S/C31H32N2O2S/c1-21-11-13-24(14-12-21)20-33-27-9-5-6-10-28(27)36-29(31(33)35)19-23-15-17-25(18-16-23)30(34)32-26-8-4-3-7-22(26)2/h5-6,9-19,22,26H,3-4,7-8,20H2,1-2H3,(H,32,34)/b29-19+. The maximum absolute atomic E-state index is 13.6. The minimum Gasteiger partial charge on any atom is -0.349 e. The molecule has 2 amide bonds. The maximum Gasteiger partial charge on any atom is 0.265 e. The number of nitrogens with one attached hydrogen (secondary N) is 1. The SMILES string of the molecule is Cc1ccc(CN2C(=O)/C(=C\c3ccc(C(=O)NC4CCCCC4C)cc3)Sc3ccccc32)cc1. The molecule has 2 unspecified atom stereocenters. The summed E-state index contributed by atoms with van der Waals surface area (Å²) in [6.07, 6.45) is 6.58. The molecule has 1 heterocycles. The third-order valence-electron chi connectivity index (χ3n) is 7.19. The van der Waals surface area contributed by atoms with E-state index in [0.717, 1.165) is 28.1 Å². The van der Waals surface area contributed by atoms with Crippen molar-refractivity contribution in [3.05, 3.63) is 100.0 Å². The largest absolute Gasteiger partial charge is 0.349 e. The molecule has 3 aromatic rings. The number of carbonyl (C=O) groups is 2. The van der Waals surface area contributed by atoms with Crippen molar-refractivity contribution >= 4 is 35.3 Å². The molecule has 184 valence electrons. The monoisotopic (exact) mass is 496 g/mol. The van der Waals surface area contributed by atoms with E-state index in [1.54, 1.807) is 0 Å². The van der Waals surface area contributed by atoms with Crippen LogP contribution >= 0.6 is 11.8 Å². The minimum absolute atomic E-state index is 0.00705. The number of carbonyl (C=O) groups excluding carboxylic acids is 2. The van der Waals surface area contributed by atoms with Crippen molar-refractivity contribution in [3.63, 3.8) is 0 Å². The molecule has 5 heteroatoms. The Hall–Kier alpha value is -3.31. The smallest absolute Gasteiger partial charge is 0.265 e. The lowest BCUT2D eigenvalue weighted by Crippen LogP contribution is -2.41. The van der Waals surface area contributed by atoms with Crippen LogP contribution in [0, 0.1) is 12.8 Å². The van der Waals surface area contributed by atoms with E-state index in [4.69, 9.17) is 0 Å². The van der Waals surface area contributed by atoms with E-state index in [0.29, 0.717) is 22.9 Å². The predicted octanol–water partition coefficient (Wildman–Crippen LogP) is 6.98. The van der Waals surface area contributed by atoms with Crippen molar-refractivity contribution in [1.82, 2.24) is 5.32 Å². The Morgan fingerprint density at radius 1 is 1.00 bits per heavy atom. The van der Waals surface area contributed by atoms with Crippen LogP contribution in [0.1, 0.15) is 59.7 Å². The molecule has 0 radical (unpaired) electrons. The average Bonchev–Trinajstić information content (AvgIpc) is 2.89. The Bertz CT molecular complexity index is 1280. The molecule has 0 spiro atoms.